The summed E-state index contributed by atoms with van der Waals surface area (Å²) in [6.07, 6.45) is 0. The van der Waals surface area contributed by atoms with E-state index in [0.29, 0.717) is 0 Å². The molecule has 4 aromatic carbocycles. The van der Waals surface area contributed by atoms with Gasteiger partial charge in [0.2, 0.25) is 0 Å². The van der Waals surface area contributed by atoms with Gasteiger partial charge in [0, 0.05) is 0 Å². The molecule has 4 rings (SSSR count). The van der Waals surface area contributed by atoms with Crippen LogP contribution in [-0.2, 0) is 23.3 Å². The molecule has 0 saturated heterocycles. The SMILES string of the molecule is CC[Si](=[Zr+2])CC.Cc1[cH-]c(C)c(C)c1C.c1ccc(-c2c[cH-]c3ccccc23)cc1. The van der Waals surface area contributed by atoms with Crippen molar-refractivity contribution in [1.82, 2.24) is 0 Å². The molecule has 0 aromatic heterocycles. The van der Waals surface area contributed by atoms with Crippen LogP contribution in [0.25, 0.3) is 21.9 Å². The van der Waals surface area contributed by atoms with E-state index in [4.69, 9.17) is 0 Å². The third-order valence-electron chi connectivity index (χ3n) is 5.80. The Labute approximate surface area is 198 Å². The van der Waals surface area contributed by atoms with E-state index in [-0.39, 0.29) is 5.43 Å². The maximum Gasteiger partial charge on any atom is -0.0623 e. The van der Waals surface area contributed by atoms with Crippen molar-refractivity contribution in [3.8, 4) is 11.1 Å². The van der Waals surface area contributed by atoms with Gasteiger partial charge in [-0.1, -0.05) is 69.7 Å². The fraction of sp³-hybridized carbons (Fsp3) is 0.286. The Morgan fingerprint density at radius 3 is 1.77 bits per heavy atom. The normalized spacial score (nSPS) is 10.1. The van der Waals surface area contributed by atoms with Gasteiger partial charge in [-0.3, -0.25) is 0 Å². The van der Waals surface area contributed by atoms with Crippen LogP contribution in [0.4, 0.5) is 0 Å². The fourth-order valence-electron chi connectivity index (χ4n) is 3.40. The average Bonchev–Trinajstić information content (AvgIpc) is 3.31. The van der Waals surface area contributed by atoms with Gasteiger partial charge in [0.15, 0.2) is 0 Å². The molecule has 0 aliphatic carbocycles. The summed E-state index contributed by atoms with van der Waals surface area (Å²) in [4.78, 5) is 0. The number of rotatable bonds is 3. The molecule has 154 valence electrons. The average molecular weight is 490 g/mol. The van der Waals surface area contributed by atoms with Crippen LogP contribution >= 0.6 is 0 Å². The smallest absolute Gasteiger partial charge is 0.0623 e. The first-order chi connectivity index (χ1) is 14.4. The van der Waals surface area contributed by atoms with Crippen LogP contribution in [0.2, 0.25) is 12.1 Å². The molecule has 0 aliphatic heterocycles. The van der Waals surface area contributed by atoms with Gasteiger partial charge in [0.05, 0.1) is 0 Å². The van der Waals surface area contributed by atoms with Gasteiger partial charge in [-0.2, -0.15) is 28.3 Å². The number of fused-ring (bicyclic) bond motifs is 1. The number of aryl methyl sites for hydroxylation is 2. The van der Waals surface area contributed by atoms with Crippen LogP contribution in [0.1, 0.15) is 36.1 Å². The maximum absolute atomic E-state index is 2.30. The van der Waals surface area contributed by atoms with E-state index in [2.05, 4.69) is 114 Å². The Kier molecular flexibility index (Phi) is 10.2. The zero-order chi connectivity index (χ0) is 22.1. The first-order valence-electron chi connectivity index (χ1n) is 10.8. The summed E-state index contributed by atoms with van der Waals surface area (Å²) in [6.45, 7) is 13.3. The van der Waals surface area contributed by atoms with E-state index < -0.39 is 0 Å². The Balaban J connectivity index is 0.000000183. The van der Waals surface area contributed by atoms with Crippen molar-refractivity contribution in [3.05, 3.63) is 95.1 Å². The zero-order valence-electron chi connectivity index (χ0n) is 19.3. The van der Waals surface area contributed by atoms with E-state index >= 15 is 0 Å². The fourth-order valence-corrected chi connectivity index (χ4v) is 3.90. The molecule has 2 heteroatoms. The van der Waals surface area contributed by atoms with Gasteiger partial charge in [-0.15, -0.1) is 46.7 Å². The van der Waals surface area contributed by atoms with Crippen molar-refractivity contribution in [3.63, 3.8) is 0 Å². The number of hydrogen-bond acceptors (Lipinski definition) is 0. The molecular weight excluding hydrogens is 456 g/mol. The largest absolute Gasteiger partial charge is 0.196 e. The van der Waals surface area contributed by atoms with Crippen molar-refractivity contribution in [2.45, 2.75) is 53.6 Å². The molecule has 0 fully saturated rings. The van der Waals surface area contributed by atoms with E-state index in [9.17, 15) is 0 Å². The molecule has 4 aromatic rings. The first kappa shape index (κ1) is 24.8. The summed E-state index contributed by atoms with van der Waals surface area (Å²) in [5, 5.41) is 2.65. The quantitative estimate of drug-likeness (QED) is 0.200. The number of benzene rings is 2. The summed E-state index contributed by atoms with van der Waals surface area (Å²) in [6, 6.07) is 28.6. The van der Waals surface area contributed by atoms with Crippen LogP contribution in [0, 0.1) is 27.7 Å². The minimum absolute atomic E-state index is 0.222. The molecule has 0 bridgehead atoms. The van der Waals surface area contributed by atoms with E-state index in [1.54, 1.807) is 23.3 Å². The molecule has 0 nitrogen and oxygen atoms in total. The molecular formula is C28H34SiZr. The molecule has 0 amide bonds. The van der Waals surface area contributed by atoms with E-state index in [0.717, 1.165) is 0 Å². The van der Waals surface area contributed by atoms with Gasteiger partial charge in [-0.05, 0) is 0 Å². The van der Waals surface area contributed by atoms with Crippen molar-refractivity contribution in [1.29, 1.82) is 0 Å². The van der Waals surface area contributed by atoms with Gasteiger partial charge in [-0.25, -0.2) is 0 Å². The minimum atomic E-state index is 0.222. The van der Waals surface area contributed by atoms with Crippen molar-refractivity contribution < 1.29 is 23.3 Å². The summed E-state index contributed by atoms with van der Waals surface area (Å²) < 4.78 is 0. The molecule has 30 heavy (non-hydrogen) atoms. The monoisotopic (exact) mass is 488 g/mol. The summed E-state index contributed by atoms with van der Waals surface area (Å²) in [7, 11) is 0. The molecule has 0 spiro atoms. The van der Waals surface area contributed by atoms with Crippen LogP contribution < -0.4 is 0 Å². The second-order valence-corrected chi connectivity index (χ2v) is 15.6. The molecule has 0 N–H and O–H groups in total. The zero-order valence-corrected chi connectivity index (χ0v) is 22.8. The summed E-state index contributed by atoms with van der Waals surface area (Å²) in [5.41, 5.74) is 8.58. The van der Waals surface area contributed by atoms with Gasteiger partial charge in [0.25, 0.3) is 0 Å². The Hall–Kier alpha value is -1.50. The maximum atomic E-state index is 2.30. The second-order valence-electron chi connectivity index (χ2n) is 7.77. The number of hydrogen-bond donors (Lipinski definition) is 0. The molecule has 0 atom stereocenters. The summed E-state index contributed by atoms with van der Waals surface area (Å²) >= 11 is 1.80. The van der Waals surface area contributed by atoms with Crippen molar-refractivity contribution >= 4 is 16.2 Å². The van der Waals surface area contributed by atoms with Crippen LogP contribution in [0.3, 0.4) is 0 Å². The van der Waals surface area contributed by atoms with Crippen LogP contribution in [0.5, 0.6) is 0 Å². The molecule has 0 radical (unpaired) electrons. The molecule has 0 saturated carbocycles. The standard InChI is InChI=1S/C15H11.C9H13.C4H10Si.Zr/c1-2-6-12(7-3-1)15-11-10-13-8-4-5-9-14(13)15;1-6-5-7(2)9(4)8(6)3;1-3-5-4-2;/h1-11H;5H,1-4H3;3-4H2,1-2H3;/q2*-1;;+2. The van der Waals surface area contributed by atoms with Gasteiger partial charge >= 0.3 is 54.7 Å². The predicted molar refractivity (Wildman–Crippen MR) is 133 cm³/mol. The Morgan fingerprint density at radius 1 is 0.767 bits per heavy atom. The van der Waals surface area contributed by atoms with Gasteiger partial charge in [0.1, 0.15) is 0 Å². The Morgan fingerprint density at radius 2 is 1.30 bits per heavy atom. The van der Waals surface area contributed by atoms with Crippen molar-refractivity contribution in [2.24, 2.45) is 0 Å². The van der Waals surface area contributed by atoms with E-state index in [1.165, 1.54) is 56.2 Å². The predicted octanol–water partition coefficient (Wildman–Crippen LogP) is 8.43. The second kappa shape index (κ2) is 12.4. The van der Waals surface area contributed by atoms with Crippen LogP contribution in [-0.4, -0.2) is 5.43 Å². The van der Waals surface area contributed by atoms with Gasteiger partial charge < -0.3 is 0 Å². The third kappa shape index (κ3) is 6.76. The topological polar surface area (TPSA) is 0 Å². The minimum Gasteiger partial charge on any atom is -0.196 e. The van der Waals surface area contributed by atoms with Crippen LogP contribution in [0.15, 0.2) is 72.8 Å². The van der Waals surface area contributed by atoms with Crippen molar-refractivity contribution in [2.75, 3.05) is 0 Å². The first-order valence-corrected chi connectivity index (χ1v) is 16.4. The molecule has 0 heterocycles. The van der Waals surface area contributed by atoms with E-state index in [1.807, 2.05) is 0 Å². The molecule has 0 unspecified atom stereocenters. The summed E-state index contributed by atoms with van der Waals surface area (Å²) in [5.74, 6) is 0. The Bertz CT molecular complexity index is 1040. The molecule has 0 aliphatic rings. The third-order valence-corrected chi connectivity index (χ3v) is 12.7.